The maximum absolute atomic E-state index is 13.6. The zero-order chi connectivity index (χ0) is 14.0. The van der Waals surface area contributed by atoms with Crippen LogP contribution in [0.25, 0.3) is 0 Å². The molecule has 2 aromatic rings. The van der Waals surface area contributed by atoms with E-state index in [1.807, 2.05) is 0 Å². The van der Waals surface area contributed by atoms with Gasteiger partial charge in [0.25, 0.3) is 0 Å². The van der Waals surface area contributed by atoms with Crippen LogP contribution in [0.15, 0.2) is 23.7 Å². The molecule has 1 aromatic carbocycles. The molecule has 0 aliphatic rings. The topological polar surface area (TPSA) is 68.1 Å². The largest absolute Gasteiger partial charge is 0.374 e. The lowest BCUT2D eigenvalue weighted by Crippen LogP contribution is -2.08. The molecule has 0 spiro atoms. The summed E-state index contributed by atoms with van der Waals surface area (Å²) < 4.78 is 26.7. The molecule has 1 heterocycles. The second kappa shape index (κ2) is 5.27. The van der Waals surface area contributed by atoms with E-state index in [1.54, 1.807) is 18.5 Å². The number of nitrogens with zero attached hydrogens (tertiary/aromatic N) is 2. The summed E-state index contributed by atoms with van der Waals surface area (Å²) in [5.74, 6) is -2.08. The summed E-state index contributed by atoms with van der Waals surface area (Å²) in [6.45, 7) is 1.73. The molecule has 0 aliphatic heterocycles. The van der Waals surface area contributed by atoms with Gasteiger partial charge >= 0.3 is 5.69 Å². The van der Waals surface area contributed by atoms with Gasteiger partial charge in [-0.2, -0.15) is 4.39 Å². The number of hydrogen-bond acceptors (Lipinski definition) is 5. The summed E-state index contributed by atoms with van der Waals surface area (Å²) in [5.41, 5.74) is -0.897. The first-order chi connectivity index (χ1) is 8.99. The van der Waals surface area contributed by atoms with Crippen LogP contribution < -0.4 is 5.32 Å². The molecule has 1 atom stereocenters. The molecule has 0 aliphatic carbocycles. The van der Waals surface area contributed by atoms with Crippen LogP contribution in [-0.4, -0.2) is 9.91 Å². The minimum atomic E-state index is -1.20. The fraction of sp³-hybridized carbons (Fsp3) is 0.182. The molecule has 0 fully saturated rings. The lowest BCUT2D eigenvalue weighted by atomic mass is 10.2. The Hall–Kier alpha value is -2.09. The van der Waals surface area contributed by atoms with Gasteiger partial charge in [0.1, 0.15) is 10.8 Å². The number of anilines is 1. The third-order valence-electron chi connectivity index (χ3n) is 2.43. The van der Waals surface area contributed by atoms with E-state index in [0.29, 0.717) is 11.1 Å². The van der Waals surface area contributed by atoms with Gasteiger partial charge in [0.2, 0.25) is 5.82 Å². The zero-order valence-corrected chi connectivity index (χ0v) is 10.6. The van der Waals surface area contributed by atoms with Crippen molar-refractivity contribution in [1.82, 2.24) is 4.98 Å². The minimum Gasteiger partial charge on any atom is -0.374 e. The van der Waals surface area contributed by atoms with Crippen molar-refractivity contribution in [1.29, 1.82) is 0 Å². The molecule has 5 nitrogen and oxygen atoms in total. The van der Waals surface area contributed by atoms with Gasteiger partial charge in [-0.15, -0.1) is 11.3 Å². The summed E-state index contributed by atoms with van der Waals surface area (Å²) in [7, 11) is 0. The number of thiazole rings is 1. The van der Waals surface area contributed by atoms with Gasteiger partial charge in [0, 0.05) is 23.7 Å². The first-order valence-corrected chi connectivity index (χ1v) is 6.16. The Kier molecular flexibility index (Phi) is 3.70. The van der Waals surface area contributed by atoms with Crippen molar-refractivity contribution in [3.05, 3.63) is 50.5 Å². The maximum atomic E-state index is 13.6. The summed E-state index contributed by atoms with van der Waals surface area (Å²) in [6.07, 6.45) is 1.60. The fourth-order valence-electron chi connectivity index (χ4n) is 1.53. The van der Waals surface area contributed by atoms with Gasteiger partial charge in [-0.25, -0.2) is 9.37 Å². The normalized spacial score (nSPS) is 12.2. The lowest BCUT2D eigenvalue weighted by molar-refractivity contribution is -0.387. The first-order valence-electron chi connectivity index (χ1n) is 5.28. The Morgan fingerprint density at radius 3 is 2.74 bits per heavy atom. The minimum absolute atomic E-state index is 0.129. The highest BCUT2D eigenvalue weighted by atomic mass is 32.1. The zero-order valence-electron chi connectivity index (χ0n) is 9.76. The Balaban J connectivity index is 2.30. The predicted molar refractivity (Wildman–Crippen MR) is 67.2 cm³/mol. The van der Waals surface area contributed by atoms with Gasteiger partial charge in [0.15, 0.2) is 0 Å². The van der Waals surface area contributed by atoms with E-state index < -0.39 is 22.2 Å². The van der Waals surface area contributed by atoms with Crippen LogP contribution in [0.2, 0.25) is 0 Å². The molecule has 1 aromatic heterocycles. The van der Waals surface area contributed by atoms with Gasteiger partial charge in [-0.1, -0.05) is 0 Å². The lowest BCUT2D eigenvalue weighted by Gasteiger charge is -2.13. The number of benzene rings is 1. The quantitative estimate of drug-likeness (QED) is 0.689. The Morgan fingerprint density at radius 1 is 1.42 bits per heavy atom. The molecular weight excluding hydrogens is 276 g/mol. The predicted octanol–water partition coefficient (Wildman–Crippen LogP) is 3.50. The van der Waals surface area contributed by atoms with Gasteiger partial charge < -0.3 is 5.32 Å². The third kappa shape index (κ3) is 2.84. The van der Waals surface area contributed by atoms with Crippen LogP contribution in [-0.2, 0) is 0 Å². The van der Waals surface area contributed by atoms with Crippen LogP contribution in [0, 0.1) is 21.7 Å². The van der Waals surface area contributed by atoms with E-state index >= 15 is 0 Å². The summed E-state index contributed by atoms with van der Waals surface area (Å²) >= 11 is 1.37. The number of aromatic nitrogens is 1. The molecule has 0 radical (unpaired) electrons. The average Bonchev–Trinajstić information content (AvgIpc) is 2.85. The standard InChI is InChI=1S/C11H9F2N3O2S/c1-6(11-14-2-3-19-11)15-9-5-10(16(17)18)8(13)4-7(9)12/h2-6,15H,1H3. The van der Waals surface area contributed by atoms with Crippen molar-refractivity contribution in [2.75, 3.05) is 5.32 Å². The van der Waals surface area contributed by atoms with Crippen LogP contribution in [0.1, 0.15) is 18.0 Å². The highest BCUT2D eigenvalue weighted by Gasteiger charge is 2.20. The molecule has 100 valence electrons. The third-order valence-corrected chi connectivity index (χ3v) is 3.39. The molecule has 8 heteroatoms. The molecule has 1 unspecified atom stereocenters. The molecular formula is C11H9F2N3O2S. The molecule has 1 N–H and O–H groups in total. The van der Waals surface area contributed by atoms with Crippen LogP contribution >= 0.6 is 11.3 Å². The molecule has 2 rings (SSSR count). The van der Waals surface area contributed by atoms with Crippen molar-refractivity contribution in [2.24, 2.45) is 0 Å². The maximum Gasteiger partial charge on any atom is 0.307 e. The second-order valence-corrected chi connectivity index (χ2v) is 4.70. The first kappa shape index (κ1) is 13.3. The van der Waals surface area contributed by atoms with Crippen LogP contribution in [0.3, 0.4) is 0 Å². The summed E-state index contributed by atoms with van der Waals surface area (Å²) in [5, 5.41) is 15.8. The monoisotopic (exact) mass is 285 g/mol. The number of nitrogens with one attached hydrogen (secondary N) is 1. The van der Waals surface area contributed by atoms with Crippen molar-refractivity contribution < 1.29 is 13.7 Å². The highest BCUT2D eigenvalue weighted by molar-refractivity contribution is 7.09. The van der Waals surface area contributed by atoms with Crippen LogP contribution in [0.5, 0.6) is 0 Å². The van der Waals surface area contributed by atoms with Gasteiger partial charge in [-0.3, -0.25) is 10.1 Å². The van der Waals surface area contributed by atoms with E-state index in [1.165, 1.54) is 11.3 Å². The molecule has 19 heavy (non-hydrogen) atoms. The molecule has 0 amide bonds. The summed E-state index contributed by atoms with van der Waals surface area (Å²) in [4.78, 5) is 13.8. The van der Waals surface area contributed by atoms with Crippen molar-refractivity contribution >= 4 is 22.7 Å². The molecule has 0 saturated heterocycles. The highest BCUT2D eigenvalue weighted by Crippen LogP contribution is 2.28. The average molecular weight is 285 g/mol. The van der Waals surface area contributed by atoms with Crippen molar-refractivity contribution in [3.8, 4) is 0 Å². The fourth-order valence-corrected chi connectivity index (χ4v) is 2.18. The van der Waals surface area contributed by atoms with E-state index in [0.717, 1.165) is 6.07 Å². The smallest absolute Gasteiger partial charge is 0.307 e. The Bertz CT molecular complexity index is 604. The van der Waals surface area contributed by atoms with Crippen molar-refractivity contribution in [2.45, 2.75) is 13.0 Å². The van der Waals surface area contributed by atoms with E-state index in [4.69, 9.17) is 0 Å². The molecule has 0 bridgehead atoms. The van der Waals surface area contributed by atoms with Gasteiger partial charge in [-0.05, 0) is 6.92 Å². The SMILES string of the molecule is CC(Nc1cc([N+](=O)[O-])c(F)cc1F)c1nccs1. The number of rotatable bonds is 4. The molecule has 0 saturated carbocycles. The van der Waals surface area contributed by atoms with E-state index in [9.17, 15) is 18.9 Å². The number of nitro benzene ring substituents is 1. The van der Waals surface area contributed by atoms with Crippen LogP contribution in [0.4, 0.5) is 20.2 Å². The van der Waals surface area contributed by atoms with E-state index in [2.05, 4.69) is 10.3 Å². The van der Waals surface area contributed by atoms with Crippen molar-refractivity contribution in [3.63, 3.8) is 0 Å². The number of halogens is 2. The Morgan fingerprint density at radius 2 is 2.16 bits per heavy atom. The number of hydrogen-bond donors (Lipinski definition) is 1. The second-order valence-electron chi connectivity index (χ2n) is 3.78. The Labute approximate surface area is 111 Å². The number of nitro groups is 1. The summed E-state index contributed by atoms with van der Waals surface area (Å²) in [6, 6.07) is 1.00. The van der Waals surface area contributed by atoms with E-state index in [-0.39, 0.29) is 11.7 Å². The van der Waals surface area contributed by atoms with Gasteiger partial charge in [0.05, 0.1) is 16.7 Å².